The number of pyridine rings is 1. The minimum Gasteiger partial charge on any atom is -0.461 e. The van der Waals surface area contributed by atoms with Crippen LogP contribution in [0, 0.1) is 11.6 Å². The van der Waals surface area contributed by atoms with Gasteiger partial charge >= 0.3 is 6.01 Å². The molecular formula is C21H19ClF2N4O. The van der Waals surface area contributed by atoms with Crippen LogP contribution >= 0.6 is 11.6 Å². The van der Waals surface area contributed by atoms with E-state index in [2.05, 4.69) is 19.9 Å². The molecular weight excluding hydrogens is 398 g/mol. The number of benzene rings is 1. The Balaban J connectivity index is 1.58. The predicted molar refractivity (Wildman–Crippen MR) is 106 cm³/mol. The molecule has 0 saturated carbocycles. The fourth-order valence-corrected chi connectivity index (χ4v) is 4.73. The Morgan fingerprint density at radius 3 is 2.69 bits per heavy atom. The molecule has 2 aromatic heterocycles. The average molecular weight is 417 g/mol. The second-order valence-electron chi connectivity index (χ2n) is 7.70. The second kappa shape index (κ2) is 7.15. The van der Waals surface area contributed by atoms with Crippen LogP contribution in [-0.4, -0.2) is 45.1 Å². The van der Waals surface area contributed by atoms with Crippen molar-refractivity contribution in [1.82, 2.24) is 19.9 Å². The molecule has 0 amide bonds. The molecule has 4 heterocycles. The van der Waals surface area contributed by atoms with Crippen LogP contribution in [0.4, 0.5) is 8.78 Å². The van der Waals surface area contributed by atoms with Crippen LogP contribution in [0.3, 0.4) is 0 Å². The van der Waals surface area contributed by atoms with Crippen molar-refractivity contribution in [2.45, 2.75) is 31.2 Å². The monoisotopic (exact) mass is 416 g/mol. The highest BCUT2D eigenvalue weighted by atomic mass is 35.5. The maximum Gasteiger partial charge on any atom is 0.317 e. The van der Waals surface area contributed by atoms with Gasteiger partial charge in [0.05, 0.1) is 11.2 Å². The number of rotatable bonds is 4. The Morgan fingerprint density at radius 1 is 1.14 bits per heavy atom. The van der Waals surface area contributed by atoms with Crippen LogP contribution in [0.15, 0.2) is 30.5 Å². The zero-order valence-corrected chi connectivity index (χ0v) is 16.4. The van der Waals surface area contributed by atoms with Gasteiger partial charge in [0.1, 0.15) is 17.9 Å². The van der Waals surface area contributed by atoms with E-state index in [4.69, 9.17) is 16.3 Å². The summed E-state index contributed by atoms with van der Waals surface area (Å²) in [6.45, 7) is 2.60. The number of nitrogens with zero attached hydrogens (tertiary/aromatic N) is 4. The maximum atomic E-state index is 14.7. The lowest BCUT2D eigenvalue weighted by molar-refractivity contribution is 0.108. The smallest absolute Gasteiger partial charge is 0.317 e. The summed E-state index contributed by atoms with van der Waals surface area (Å²) in [7, 11) is 0. The number of hydrogen-bond donors (Lipinski definition) is 0. The molecule has 0 unspecified atom stereocenters. The van der Waals surface area contributed by atoms with Gasteiger partial charge in [0.2, 0.25) is 0 Å². The first kappa shape index (κ1) is 18.6. The molecule has 5 nitrogen and oxygen atoms in total. The zero-order valence-electron chi connectivity index (χ0n) is 15.7. The Hall–Kier alpha value is -2.38. The fraction of sp³-hybridized carbons (Fsp3) is 0.381. The lowest BCUT2D eigenvalue weighted by Crippen LogP contribution is -2.43. The molecule has 2 aliphatic rings. The molecule has 2 aliphatic heterocycles. The van der Waals surface area contributed by atoms with E-state index in [-0.39, 0.29) is 22.2 Å². The summed E-state index contributed by atoms with van der Waals surface area (Å²) in [6, 6.07) is 6.02. The van der Waals surface area contributed by atoms with Crippen LogP contribution < -0.4 is 4.74 Å². The van der Waals surface area contributed by atoms with Crippen molar-refractivity contribution in [3.63, 3.8) is 0 Å². The Morgan fingerprint density at radius 2 is 1.93 bits per heavy atom. The van der Waals surface area contributed by atoms with Crippen molar-refractivity contribution in [1.29, 1.82) is 0 Å². The molecule has 8 heteroatoms. The van der Waals surface area contributed by atoms with Gasteiger partial charge in [0.15, 0.2) is 11.0 Å². The third-order valence-electron chi connectivity index (χ3n) is 6.00. The van der Waals surface area contributed by atoms with Crippen LogP contribution in [0.2, 0.25) is 5.15 Å². The summed E-state index contributed by atoms with van der Waals surface area (Å²) in [5.41, 5.74) is 0.875. The number of halogens is 3. The summed E-state index contributed by atoms with van der Waals surface area (Å²) >= 11 is 5.86. The molecule has 3 aromatic rings. The topological polar surface area (TPSA) is 51.1 Å². The molecule has 29 heavy (non-hydrogen) atoms. The predicted octanol–water partition coefficient (Wildman–Crippen LogP) is 4.63. The van der Waals surface area contributed by atoms with E-state index in [0.717, 1.165) is 38.8 Å². The summed E-state index contributed by atoms with van der Waals surface area (Å²) in [6.07, 6.45) is 5.83. The van der Waals surface area contributed by atoms with E-state index in [1.165, 1.54) is 18.3 Å². The molecule has 2 saturated heterocycles. The van der Waals surface area contributed by atoms with Gasteiger partial charge in [-0.2, -0.15) is 9.97 Å². The average Bonchev–Trinajstić information content (AvgIpc) is 3.29. The number of ether oxygens (including phenoxy) is 1. The molecule has 0 aliphatic carbocycles. The highest BCUT2D eigenvalue weighted by Gasteiger charge is 2.45. The fourth-order valence-electron chi connectivity index (χ4n) is 4.59. The SMILES string of the molecule is Fc1cccc(-c2nc(OCC34CCCN3CCC4)nc3c(F)c(Cl)ncc23)c1. The summed E-state index contributed by atoms with van der Waals surface area (Å²) in [5.74, 6) is -1.15. The number of aromatic nitrogens is 3. The summed E-state index contributed by atoms with van der Waals surface area (Å²) in [5, 5.41) is 0.0788. The summed E-state index contributed by atoms with van der Waals surface area (Å²) in [4.78, 5) is 15.1. The number of fused-ring (bicyclic) bond motifs is 2. The molecule has 5 rings (SSSR count). The third kappa shape index (κ3) is 3.22. The first-order valence-electron chi connectivity index (χ1n) is 9.71. The van der Waals surface area contributed by atoms with Gasteiger partial charge in [-0.1, -0.05) is 23.7 Å². The minimum atomic E-state index is -0.740. The minimum absolute atomic E-state index is 0.00572. The molecule has 0 atom stereocenters. The first-order valence-corrected chi connectivity index (χ1v) is 10.1. The normalized spacial score (nSPS) is 18.3. The standard InChI is InChI=1S/C21H19ClF2N4O/c22-19-16(24)18-15(11-25-19)17(13-4-1-5-14(23)10-13)26-20(27-18)29-12-21-6-2-8-28(21)9-3-7-21/h1,4-5,10-11H,2-3,6-9,12H2. The number of hydrogen-bond acceptors (Lipinski definition) is 5. The molecule has 0 bridgehead atoms. The van der Waals surface area contributed by atoms with Crippen molar-refractivity contribution in [2.75, 3.05) is 19.7 Å². The lowest BCUT2D eigenvalue weighted by Gasteiger charge is -2.31. The largest absolute Gasteiger partial charge is 0.461 e. The van der Waals surface area contributed by atoms with Gasteiger partial charge in [0.25, 0.3) is 0 Å². The molecule has 0 N–H and O–H groups in total. The van der Waals surface area contributed by atoms with E-state index in [1.807, 2.05) is 0 Å². The Bertz CT molecular complexity index is 1080. The van der Waals surface area contributed by atoms with Crippen LogP contribution in [0.5, 0.6) is 6.01 Å². The van der Waals surface area contributed by atoms with Crippen molar-refractivity contribution < 1.29 is 13.5 Å². The Labute approximate surface area is 171 Å². The van der Waals surface area contributed by atoms with Crippen LogP contribution in [-0.2, 0) is 0 Å². The van der Waals surface area contributed by atoms with Crippen molar-refractivity contribution >= 4 is 22.5 Å². The second-order valence-corrected chi connectivity index (χ2v) is 8.06. The van der Waals surface area contributed by atoms with Gasteiger partial charge in [-0.15, -0.1) is 0 Å². The van der Waals surface area contributed by atoms with Gasteiger partial charge < -0.3 is 4.74 Å². The maximum absolute atomic E-state index is 14.7. The van der Waals surface area contributed by atoms with E-state index < -0.39 is 11.6 Å². The highest BCUT2D eigenvalue weighted by Crippen LogP contribution is 2.39. The third-order valence-corrected chi connectivity index (χ3v) is 6.26. The molecule has 0 spiro atoms. The zero-order chi connectivity index (χ0) is 20.0. The van der Waals surface area contributed by atoms with Gasteiger partial charge in [-0.05, 0) is 50.9 Å². The molecule has 2 fully saturated rings. The van der Waals surface area contributed by atoms with Crippen molar-refractivity contribution in [3.05, 3.63) is 47.2 Å². The summed E-state index contributed by atoms with van der Waals surface area (Å²) < 4.78 is 34.5. The first-order chi connectivity index (χ1) is 14.1. The van der Waals surface area contributed by atoms with E-state index >= 15 is 0 Å². The van der Waals surface area contributed by atoms with Crippen molar-refractivity contribution in [2.24, 2.45) is 0 Å². The molecule has 0 radical (unpaired) electrons. The van der Waals surface area contributed by atoms with Crippen LogP contribution in [0.1, 0.15) is 25.7 Å². The highest BCUT2D eigenvalue weighted by molar-refractivity contribution is 6.30. The Kier molecular flexibility index (Phi) is 4.59. The van der Waals surface area contributed by atoms with Crippen LogP contribution in [0.25, 0.3) is 22.2 Å². The lowest BCUT2D eigenvalue weighted by atomic mass is 9.95. The van der Waals surface area contributed by atoms with Gasteiger partial charge in [0, 0.05) is 17.1 Å². The van der Waals surface area contributed by atoms with Gasteiger partial charge in [-0.3, -0.25) is 4.90 Å². The quantitative estimate of drug-likeness (QED) is 0.580. The van der Waals surface area contributed by atoms with E-state index in [9.17, 15) is 8.78 Å². The van der Waals surface area contributed by atoms with E-state index in [0.29, 0.717) is 23.3 Å². The van der Waals surface area contributed by atoms with Crippen molar-refractivity contribution in [3.8, 4) is 17.3 Å². The van der Waals surface area contributed by atoms with Gasteiger partial charge in [-0.25, -0.2) is 13.8 Å². The molecule has 150 valence electrons. The molecule has 1 aromatic carbocycles. The van der Waals surface area contributed by atoms with E-state index in [1.54, 1.807) is 12.1 Å².